The lowest BCUT2D eigenvalue weighted by molar-refractivity contribution is -0.384. The largest absolute Gasteiger partial charge is 0.468 e. The number of halogens is 1. The van der Waals surface area contributed by atoms with Gasteiger partial charge in [0.15, 0.2) is 0 Å². The van der Waals surface area contributed by atoms with Crippen LogP contribution >= 0.6 is 15.9 Å². The van der Waals surface area contributed by atoms with Gasteiger partial charge in [0.25, 0.3) is 5.69 Å². The van der Waals surface area contributed by atoms with E-state index in [1.807, 2.05) is 0 Å². The van der Waals surface area contributed by atoms with Crippen LogP contribution in [-0.4, -0.2) is 44.2 Å². The number of nitro benzene ring substituents is 1. The van der Waals surface area contributed by atoms with E-state index in [-0.39, 0.29) is 24.5 Å². The lowest BCUT2D eigenvalue weighted by Crippen LogP contribution is -2.36. The Labute approximate surface area is 128 Å². The molecule has 0 aliphatic carbocycles. The number of carbonyl (C=O) groups excluding carboxylic acids is 2. The molecule has 1 aromatic rings. The standard InChI is InChI=1S/C12H13BrN2O6/c1-20-11(16)6-14(7-12(17)21-2)9-4-3-8(13)5-10(9)15(18)19/h3-5H,6-7H2,1-2H3. The van der Waals surface area contributed by atoms with E-state index in [1.165, 1.54) is 31.3 Å². The van der Waals surface area contributed by atoms with Gasteiger partial charge in [0.2, 0.25) is 0 Å². The number of nitrogens with zero attached hydrogens (tertiary/aromatic N) is 2. The molecule has 0 aliphatic heterocycles. The minimum absolute atomic E-state index is 0.124. The van der Waals surface area contributed by atoms with Gasteiger partial charge in [-0.2, -0.15) is 0 Å². The predicted molar refractivity (Wildman–Crippen MR) is 77.0 cm³/mol. The molecule has 1 aromatic carbocycles. The first kappa shape index (κ1) is 16.9. The summed E-state index contributed by atoms with van der Waals surface area (Å²) in [6, 6.07) is 4.30. The summed E-state index contributed by atoms with van der Waals surface area (Å²) in [6.45, 7) is -0.623. The highest BCUT2D eigenvalue weighted by atomic mass is 79.9. The SMILES string of the molecule is COC(=O)CN(CC(=O)OC)c1ccc(Br)cc1[N+](=O)[O-]. The minimum Gasteiger partial charge on any atom is -0.468 e. The zero-order chi connectivity index (χ0) is 16.0. The molecule has 0 fully saturated rings. The molecule has 1 rings (SSSR count). The zero-order valence-electron chi connectivity index (χ0n) is 11.4. The van der Waals surface area contributed by atoms with E-state index < -0.39 is 16.9 Å². The number of rotatable bonds is 6. The molecule has 114 valence electrons. The Balaban J connectivity index is 3.21. The van der Waals surface area contributed by atoms with E-state index in [0.29, 0.717) is 4.47 Å². The van der Waals surface area contributed by atoms with Crippen molar-refractivity contribution < 1.29 is 24.0 Å². The van der Waals surface area contributed by atoms with Crippen molar-refractivity contribution in [3.8, 4) is 0 Å². The van der Waals surface area contributed by atoms with Crippen LogP contribution in [0.3, 0.4) is 0 Å². The fourth-order valence-corrected chi connectivity index (χ4v) is 1.93. The van der Waals surface area contributed by atoms with E-state index >= 15 is 0 Å². The molecule has 0 N–H and O–H groups in total. The molecule has 0 amide bonds. The maximum atomic E-state index is 11.4. The maximum absolute atomic E-state index is 11.4. The molecule has 21 heavy (non-hydrogen) atoms. The van der Waals surface area contributed by atoms with Crippen molar-refractivity contribution in [3.63, 3.8) is 0 Å². The summed E-state index contributed by atoms with van der Waals surface area (Å²) in [4.78, 5) is 34.6. The number of carbonyl (C=O) groups is 2. The summed E-state index contributed by atoms with van der Waals surface area (Å²) < 4.78 is 9.57. The van der Waals surface area contributed by atoms with Gasteiger partial charge >= 0.3 is 11.9 Å². The van der Waals surface area contributed by atoms with E-state index in [0.717, 1.165) is 0 Å². The first-order chi connectivity index (χ1) is 9.88. The summed E-state index contributed by atoms with van der Waals surface area (Å²) in [5.74, 6) is -1.26. The van der Waals surface area contributed by atoms with Gasteiger partial charge in [-0.05, 0) is 12.1 Å². The van der Waals surface area contributed by atoms with Crippen LogP contribution in [0.25, 0.3) is 0 Å². The Morgan fingerprint density at radius 1 is 1.24 bits per heavy atom. The summed E-state index contributed by atoms with van der Waals surface area (Å²) in [5.41, 5.74) is -0.115. The van der Waals surface area contributed by atoms with Crippen LogP contribution in [0, 0.1) is 10.1 Å². The molecule has 0 bridgehead atoms. The fraction of sp³-hybridized carbons (Fsp3) is 0.333. The Morgan fingerprint density at radius 3 is 2.19 bits per heavy atom. The third-order valence-electron chi connectivity index (χ3n) is 2.57. The van der Waals surface area contributed by atoms with Gasteiger partial charge in [-0.25, -0.2) is 0 Å². The summed E-state index contributed by atoms with van der Waals surface area (Å²) in [6.07, 6.45) is 0. The number of esters is 2. The predicted octanol–water partition coefficient (Wildman–Crippen LogP) is 1.51. The fourth-order valence-electron chi connectivity index (χ4n) is 1.58. The number of ether oxygens (including phenoxy) is 2. The van der Waals surface area contributed by atoms with Crippen molar-refractivity contribution in [1.29, 1.82) is 0 Å². The smallest absolute Gasteiger partial charge is 0.325 e. The van der Waals surface area contributed by atoms with Crippen molar-refractivity contribution in [3.05, 3.63) is 32.8 Å². The van der Waals surface area contributed by atoms with Crippen LogP contribution < -0.4 is 4.90 Å². The molecule has 8 nitrogen and oxygen atoms in total. The molecule has 0 saturated heterocycles. The van der Waals surface area contributed by atoms with Crippen LogP contribution in [0.15, 0.2) is 22.7 Å². The molecular weight excluding hydrogens is 348 g/mol. The second-order valence-corrected chi connectivity index (χ2v) is 4.81. The highest BCUT2D eigenvalue weighted by Crippen LogP contribution is 2.31. The van der Waals surface area contributed by atoms with Gasteiger partial charge in [0.1, 0.15) is 18.8 Å². The Morgan fingerprint density at radius 2 is 1.76 bits per heavy atom. The second-order valence-electron chi connectivity index (χ2n) is 3.90. The van der Waals surface area contributed by atoms with E-state index in [4.69, 9.17) is 0 Å². The van der Waals surface area contributed by atoms with E-state index in [1.54, 1.807) is 6.07 Å². The van der Waals surface area contributed by atoms with Crippen molar-refractivity contribution in [2.45, 2.75) is 0 Å². The van der Waals surface area contributed by atoms with Crippen LogP contribution in [0.1, 0.15) is 0 Å². The van der Waals surface area contributed by atoms with Crippen molar-refractivity contribution in [2.24, 2.45) is 0 Å². The molecule has 0 atom stereocenters. The molecule has 0 radical (unpaired) electrons. The Hall–Kier alpha value is -2.16. The molecule has 0 aromatic heterocycles. The number of nitro groups is 1. The van der Waals surface area contributed by atoms with Crippen molar-refractivity contribution in [2.75, 3.05) is 32.2 Å². The van der Waals surface area contributed by atoms with E-state index in [9.17, 15) is 19.7 Å². The van der Waals surface area contributed by atoms with Gasteiger partial charge in [-0.15, -0.1) is 0 Å². The molecule has 0 spiro atoms. The number of hydrogen-bond acceptors (Lipinski definition) is 7. The zero-order valence-corrected chi connectivity index (χ0v) is 13.0. The quantitative estimate of drug-likeness (QED) is 0.430. The first-order valence-electron chi connectivity index (χ1n) is 5.71. The third-order valence-corrected chi connectivity index (χ3v) is 3.06. The minimum atomic E-state index is -0.629. The normalized spacial score (nSPS) is 9.86. The first-order valence-corrected chi connectivity index (χ1v) is 6.50. The van der Waals surface area contributed by atoms with Gasteiger partial charge in [-0.3, -0.25) is 19.7 Å². The van der Waals surface area contributed by atoms with Crippen LogP contribution in [-0.2, 0) is 19.1 Å². The molecular formula is C12H13BrN2O6. The van der Waals surface area contributed by atoms with Crippen LogP contribution in [0.2, 0.25) is 0 Å². The van der Waals surface area contributed by atoms with Gasteiger partial charge in [0.05, 0.1) is 19.1 Å². The Bertz CT molecular complexity index is 545. The number of benzene rings is 1. The average Bonchev–Trinajstić information content (AvgIpc) is 2.45. The summed E-state index contributed by atoms with van der Waals surface area (Å²) >= 11 is 3.14. The monoisotopic (exact) mass is 360 g/mol. The van der Waals surface area contributed by atoms with Gasteiger partial charge < -0.3 is 14.4 Å². The highest BCUT2D eigenvalue weighted by molar-refractivity contribution is 9.10. The van der Waals surface area contributed by atoms with E-state index in [2.05, 4.69) is 25.4 Å². The van der Waals surface area contributed by atoms with Crippen LogP contribution in [0.4, 0.5) is 11.4 Å². The molecule has 0 aliphatic rings. The van der Waals surface area contributed by atoms with Gasteiger partial charge in [0, 0.05) is 10.5 Å². The van der Waals surface area contributed by atoms with Crippen molar-refractivity contribution in [1.82, 2.24) is 0 Å². The van der Waals surface area contributed by atoms with Crippen LogP contribution in [0.5, 0.6) is 0 Å². The highest BCUT2D eigenvalue weighted by Gasteiger charge is 2.24. The maximum Gasteiger partial charge on any atom is 0.325 e. The lowest BCUT2D eigenvalue weighted by Gasteiger charge is -2.21. The summed E-state index contributed by atoms with van der Waals surface area (Å²) in [5, 5.41) is 11.1. The molecule has 0 unspecified atom stereocenters. The molecule has 9 heteroatoms. The topological polar surface area (TPSA) is 99.0 Å². The number of anilines is 1. The number of hydrogen-bond donors (Lipinski definition) is 0. The third kappa shape index (κ3) is 4.71. The molecule has 0 saturated carbocycles. The average molecular weight is 361 g/mol. The summed E-state index contributed by atoms with van der Waals surface area (Å²) in [7, 11) is 2.38. The number of methoxy groups -OCH3 is 2. The van der Waals surface area contributed by atoms with Gasteiger partial charge in [-0.1, -0.05) is 15.9 Å². The Kier molecular flexibility index (Phi) is 6.10. The van der Waals surface area contributed by atoms with Crippen molar-refractivity contribution >= 4 is 39.2 Å². The lowest BCUT2D eigenvalue weighted by atomic mass is 10.2. The molecule has 0 heterocycles. The second kappa shape index (κ2) is 7.58.